The second-order valence-electron chi connectivity index (χ2n) is 5.93. The van der Waals surface area contributed by atoms with Gasteiger partial charge in [-0.2, -0.15) is 18.0 Å². The van der Waals surface area contributed by atoms with Gasteiger partial charge in [0.1, 0.15) is 6.54 Å². The number of morpholine rings is 1. The molecule has 1 amide bonds. The smallest absolute Gasteiger partial charge is 0.378 e. The van der Waals surface area contributed by atoms with E-state index in [1.165, 1.54) is 12.1 Å². The third kappa shape index (κ3) is 5.99. The van der Waals surface area contributed by atoms with E-state index in [1.807, 2.05) is 4.90 Å². The number of benzene rings is 1. The van der Waals surface area contributed by atoms with Crippen molar-refractivity contribution in [3.63, 3.8) is 0 Å². The summed E-state index contributed by atoms with van der Waals surface area (Å²) in [5.41, 5.74) is 4.02. The Hall–Kier alpha value is -3.00. The minimum atomic E-state index is -4.47. The van der Waals surface area contributed by atoms with Crippen LogP contribution in [-0.4, -0.2) is 57.5 Å². The normalized spacial score (nSPS) is 14.4. The lowest BCUT2D eigenvalue weighted by Crippen LogP contribution is -2.45. The molecule has 1 fully saturated rings. The molecule has 3 N–H and O–H groups in total. The van der Waals surface area contributed by atoms with Gasteiger partial charge in [0.05, 0.1) is 18.8 Å². The maximum Gasteiger partial charge on any atom is 0.416 e. The fourth-order valence-corrected chi connectivity index (χ4v) is 2.59. The van der Waals surface area contributed by atoms with Crippen LogP contribution in [0.5, 0.6) is 0 Å². The maximum absolute atomic E-state index is 12.7. The summed E-state index contributed by atoms with van der Waals surface area (Å²) in [6, 6.07) is 4.51. The first-order valence-electron chi connectivity index (χ1n) is 8.45. The molecule has 29 heavy (non-hydrogen) atoms. The van der Waals surface area contributed by atoms with Crippen LogP contribution in [-0.2, 0) is 22.3 Å². The second-order valence-corrected chi connectivity index (χ2v) is 6.33. The topological polar surface area (TPSA) is 109 Å². The predicted molar refractivity (Wildman–Crippen MR) is 99.8 cm³/mol. The molecule has 1 saturated heterocycles. The van der Waals surface area contributed by atoms with Crippen LogP contribution in [0.1, 0.15) is 5.56 Å². The van der Waals surface area contributed by atoms with Gasteiger partial charge in [0.2, 0.25) is 0 Å². The van der Waals surface area contributed by atoms with Crippen LogP contribution in [0, 0.1) is 0 Å². The van der Waals surface area contributed by atoms with Crippen molar-refractivity contribution in [2.75, 3.05) is 36.5 Å². The number of hydrazine groups is 1. The van der Waals surface area contributed by atoms with Crippen LogP contribution < -0.4 is 21.1 Å². The van der Waals surface area contributed by atoms with E-state index in [0.29, 0.717) is 32.3 Å². The monoisotopic (exact) mass is 430 g/mol. The number of hydrogen-bond acceptors (Lipinski definition) is 7. The number of rotatable bonds is 4. The summed E-state index contributed by atoms with van der Waals surface area (Å²) < 4.78 is 43.4. The molecule has 0 aliphatic carbocycles. The van der Waals surface area contributed by atoms with E-state index < -0.39 is 17.6 Å². The van der Waals surface area contributed by atoms with Crippen molar-refractivity contribution in [1.82, 2.24) is 31.1 Å². The van der Waals surface area contributed by atoms with Crippen molar-refractivity contribution in [2.24, 2.45) is 0 Å². The number of hydrogen-bond donors (Lipinski definition) is 3. The Morgan fingerprint density at radius 1 is 1.24 bits per heavy atom. The first-order chi connectivity index (χ1) is 13.8. The zero-order valence-electron chi connectivity index (χ0n) is 14.9. The fraction of sp³-hybridized carbons (Fsp3) is 0.400. The van der Waals surface area contributed by atoms with Crippen molar-refractivity contribution >= 4 is 34.9 Å². The van der Waals surface area contributed by atoms with E-state index in [2.05, 4.69) is 31.6 Å². The number of anilines is 2. The van der Waals surface area contributed by atoms with Gasteiger partial charge in [-0.05, 0) is 35.6 Å². The minimum Gasteiger partial charge on any atom is -0.378 e. The van der Waals surface area contributed by atoms with E-state index in [0.717, 1.165) is 16.9 Å². The molecule has 1 aromatic carbocycles. The SMILES string of the molecule is O=C(Cn1nnc(N2CCOCC2)n1)NNC(=S)Nc1cccc(C(F)(F)F)c1. The summed E-state index contributed by atoms with van der Waals surface area (Å²) in [7, 11) is 0. The lowest BCUT2D eigenvalue weighted by molar-refractivity contribution is -0.137. The molecule has 0 spiro atoms. The molecular formula is C15H17F3N8O2S. The molecule has 0 unspecified atom stereocenters. The molecule has 2 heterocycles. The minimum absolute atomic E-state index is 0.0850. The van der Waals surface area contributed by atoms with Crippen molar-refractivity contribution < 1.29 is 22.7 Å². The van der Waals surface area contributed by atoms with Crippen molar-refractivity contribution in [1.29, 1.82) is 0 Å². The van der Waals surface area contributed by atoms with E-state index in [-0.39, 0.29) is 17.3 Å². The Balaban J connectivity index is 1.46. The zero-order valence-corrected chi connectivity index (χ0v) is 15.8. The quantitative estimate of drug-likeness (QED) is 0.473. The average molecular weight is 430 g/mol. The molecule has 1 aliphatic heterocycles. The highest BCUT2D eigenvalue weighted by atomic mass is 32.1. The summed E-state index contributed by atoms with van der Waals surface area (Å²) in [4.78, 5) is 15.0. The van der Waals surface area contributed by atoms with Gasteiger partial charge in [-0.25, -0.2) is 0 Å². The number of tetrazole rings is 1. The zero-order chi connectivity index (χ0) is 20.9. The van der Waals surface area contributed by atoms with Gasteiger partial charge < -0.3 is 15.0 Å². The Morgan fingerprint density at radius 3 is 2.72 bits per heavy atom. The molecule has 0 atom stereocenters. The van der Waals surface area contributed by atoms with Gasteiger partial charge in [-0.3, -0.25) is 15.6 Å². The number of thiocarbonyl (C=S) groups is 1. The van der Waals surface area contributed by atoms with Gasteiger partial charge >= 0.3 is 6.18 Å². The Morgan fingerprint density at radius 2 is 2.00 bits per heavy atom. The van der Waals surface area contributed by atoms with Crippen LogP contribution in [0.25, 0.3) is 0 Å². The third-order valence-electron chi connectivity index (χ3n) is 3.78. The molecule has 2 aromatic rings. The highest BCUT2D eigenvalue weighted by Crippen LogP contribution is 2.30. The molecule has 14 heteroatoms. The number of alkyl halides is 3. The third-order valence-corrected chi connectivity index (χ3v) is 3.99. The number of carbonyl (C=O) groups excluding carboxylic acids is 1. The Labute approximate surface area is 168 Å². The maximum atomic E-state index is 12.7. The second kappa shape index (κ2) is 9.00. The lowest BCUT2D eigenvalue weighted by atomic mass is 10.2. The molecule has 10 nitrogen and oxygen atoms in total. The largest absolute Gasteiger partial charge is 0.416 e. The fourth-order valence-electron chi connectivity index (χ4n) is 2.42. The van der Waals surface area contributed by atoms with Crippen molar-refractivity contribution in [2.45, 2.75) is 12.7 Å². The Kier molecular flexibility index (Phi) is 6.43. The van der Waals surface area contributed by atoms with Gasteiger partial charge in [0, 0.05) is 18.8 Å². The molecule has 0 saturated carbocycles. The summed E-state index contributed by atoms with van der Waals surface area (Å²) in [5, 5.41) is 14.3. The van der Waals surface area contributed by atoms with E-state index in [9.17, 15) is 18.0 Å². The highest BCUT2D eigenvalue weighted by Gasteiger charge is 2.30. The van der Waals surface area contributed by atoms with Crippen LogP contribution in [0.2, 0.25) is 0 Å². The van der Waals surface area contributed by atoms with Crippen LogP contribution in [0.15, 0.2) is 24.3 Å². The van der Waals surface area contributed by atoms with Crippen molar-refractivity contribution in [3.8, 4) is 0 Å². The lowest BCUT2D eigenvalue weighted by Gasteiger charge is -2.24. The van der Waals surface area contributed by atoms with Crippen LogP contribution >= 0.6 is 12.2 Å². The van der Waals surface area contributed by atoms with E-state index >= 15 is 0 Å². The molecule has 0 radical (unpaired) electrons. The standard InChI is InChI=1S/C15H17F3N8O2S/c16-15(17,18)10-2-1-3-11(8-10)19-14(29)22-20-12(27)9-26-23-13(21-24-26)25-4-6-28-7-5-25/h1-3,8H,4-7,9H2,(H,20,27)(H2,19,22,29). The molecule has 1 aliphatic rings. The molecule has 1 aromatic heterocycles. The number of amides is 1. The van der Waals surface area contributed by atoms with Crippen LogP contribution in [0.4, 0.5) is 24.8 Å². The Bertz CT molecular complexity index is 869. The highest BCUT2D eigenvalue weighted by molar-refractivity contribution is 7.80. The first kappa shape index (κ1) is 20.7. The molecule has 0 bridgehead atoms. The van der Waals surface area contributed by atoms with Gasteiger partial charge in [0.25, 0.3) is 11.9 Å². The van der Waals surface area contributed by atoms with Crippen LogP contribution in [0.3, 0.4) is 0 Å². The number of halogens is 3. The number of ether oxygens (including phenoxy) is 1. The predicted octanol–water partition coefficient (Wildman–Crippen LogP) is 0.546. The molecular weight excluding hydrogens is 413 g/mol. The summed E-state index contributed by atoms with van der Waals surface area (Å²) in [6.45, 7) is 2.17. The van der Waals surface area contributed by atoms with Gasteiger partial charge in [-0.1, -0.05) is 11.2 Å². The van der Waals surface area contributed by atoms with E-state index in [1.54, 1.807) is 0 Å². The average Bonchev–Trinajstić information content (AvgIpc) is 3.15. The summed E-state index contributed by atoms with van der Waals surface area (Å²) in [5.74, 6) is -0.125. The number of nitrogens with zero attached hydrogens (tertiary/aromatic N) is 5. The molecule has 156 valence electrons. The first-order valence-corrected chi connectivity index (χ1v) is 8.86. The van der Waals surface area contributed by atoms with Gasteiger partial charge in [-0.15, -0.1) is 5.10 Å². The number of nitrogens with one attached hydrogen (secondary N) is 3. The summed E-state index contributed by atoms with van der Waals surface area (Å²) in [6.07, 6.45) is -4.47. The number of carbonyl (C=O) groups is 1. The molecule has 3 rings (SSSR count). The van der Waals surface area contributed by atoms with Crippen molar-refractivity contribution in [3.05, 3.63) is 29.8 Å². The van der Waals surface area contributed by atoms with Gasteiger partial charge in [0.15, 0.2) is 5.11 Å². The van der Waals surface area contributed by atoms with E-state index in [4.69, 9.17) is 17.0 Å². The number of aromatic nitrogens is 4. The summed E-state index contributed by atoms with van der Waals surface area (Å²) >= 11 is 4.96.